The van der Waals surface area contributed by atoms with E-state index in [-0.39, 0.29) is 18.9 Å². The molecule has 0 aromatic heterocycles. The average Bonchev–Trinajstić information content (AvgIpc) is 2.80. The second-order valence-electron chi connectivity index (χ2n) is 4.75. The highest BCUT2D eigenvalue weighted by Gasteiger charge is 2.39. The summed E-state index contributed by atoms with van der Waals surface area (Å²) in [4.78, 5) is 25.4. The van der Waals surface area contributed by atoms with Gasteiger partial charge in [-0.05, 0) is 19.1 Å². The van der Waals surface area contributed by atoms with Gasteiger partial charge in [0.05, 0.1) is 13.2 Å². The van der Waals surface area contributed by atoms with Crippen LogP contribution in [0.15, 0.2) is 24.3 Å². The van der Waals surface area contributed by atoms with Crippen LogP contribution in [0.2, 0.25) is 0 Å². The highest BCUT2D eigenvalue weighted by Crippen LogP contribution is 2.21. The lowest BCUT2D eigenvalue weighted by atomic mass is 10.1. The van der Waals surface area contributed by atoms with Gasteiger partial charge in [0.25, 0.3) is 5.91 Å². The molecule has 1 aromatic carbocycles. The molecule has 19 heavy (non-hydrogen) atoms. The van der Waals surface area contributed by atoms with E-state index in [1.54, 1.807) is 12.1 Å². The number of hydrogen-bond donors (Lipinski definition) is 1. The lowest BCUT2D eigenvalue weighted by Gasteiger charge is -2.22. The predicted molar refractivity (Wildman–Crippen MR) is 68.6 cm³/mol. The summed E-state index contributed by atoms with van der Waals surface area (Å²) in [6.07, 6.45) is -0.455. The van der Waals surface area contributed by atoms with E-state index >= 15 is 0 Å². The monoisotopic (exact) mass is 263 g/mol. The maximum atomic E-state index is 12.3. The van der Waals surface area contributed by atoms with Crippen molar-refractivity contribution in [1.82, 2.24) is 4.90 Å². The summed E-state index contributed by atoms with van der Waals surface area (Å²) >= 11 is 0. The van der Waals surface area contributed by atoms with Gasteiger partial charge in [0.1, 0.15) is 6.04 Å². The molecule has 1 heterocycles. The number of aryl methyl sites for hydroxylation is 1. The van der Waals surface area contributed by atoms with Crippen molar-refractivity contribution in [3.05, 3.63) is 35.4 Å². The van der Waals surface area contributed by atoms with E-state index in [1.165, 1.54) is 12.0 Å². The van der Waals surface area contributed by atoms with E-state index in [9.17, 15) is 14.7 Å². The van der Waals surface area contributed by atoms with Gasteiger partial charge in [0.15, 0.2) is 0 Å². The van der Waals surface area contributed by atoms with Crippen LogP contribution in [0.25, 0.3) is 0 Å². The number of nitrogens with zero attached hydrogens (tertiary/aromatic N) is 1. The van der Waals surface area contributed by atoms with Crippen LogP contribution in [0.1, 0.15) is 22.3 Å². The average molecular weight is 263 g/mol. The number of benzene rings is 1. The van der Waals surface area contributed by atoms with Gasteiger partial charge in [0, 0.05) is 18.5 Å². The quantitative estimate of drug-likeness (QED) is 0.799. The van der Waals surface area contributed by atoms with Crippen LogP contribution in [-0.2, 0) is 9.53 Å². The fraction of sp³-hybridized carbons (Fsp3) is 0.429. The third-order valence-electron chi connectivity index (χ3n) is 3.31. The van der Waals surface area contributed by atoms with Crippen LogP contribution in [0.4, 0.5) is 0 Å². The van der Waals surface area contributed by atoms with E-state index in [0.29, 0.717) is 5.56 Å². The molecule has 5 nitrogen and oxygen atoms in total. The number of hydrogen-bond acceptors (Lipinski definition) is 4. The fourth-order valence-corrected chi connectivity index (χ4v) is 2.26. The normalized spacial score (nSPS) is 22.4. The second kappa shape index (κ2) is 5.40. The number of esters is 1. The zero-order chi connectivity index (χ0) is 14.0. The van der Waals surface area contributed by atoms with Crippen LogP contribution < -0.4 is 0 Å². The molecule has 102 valence electrons. The Labute approximate surface area is 111 Å². The number of β-amino-alcohol motifs (C(OH)–C–C–N with tert-alkyl or cyclic N) is 1. The van der Waals surface area contributed by atoms with Gasteiger partial charge in [-0.1, -0.05) is 17.7 Å². The first-order valence-corrected chi connectivity index (χ1v) is 6.16. The Hall–Kier alpha value is -1.88. The summed E-state index contributed by atoms with van der Waals surface area (Å²) in [5.41, 5.74) is 1.57. The summed E-state index contributed by atoms with van der Waals surface area (Å²) < 4.78 is 4.67. The number of ether oxygens (including phenoxy) is 1. The molecule has 1 aliphatic heterocycles. The number of aliphatic hydroxyl groups excluding tert-OH is 1. The maximum Gasteiger partial charge on any atom is 0.328 e. The van der Waals surface area contributed by atoms with Crippen LogP contribution in [-0.4, -0.2) is 47.7 Å². The molecular formula is C14H17NO4. The molecule has 0 spiro atoms. The van der Waals surface area contributed by atoms with E-state index in [4.69, 9.17) is 0 Å². The molecule has 1 aromatic rings. The Bertz CT molecular complexity index is 483. The SMILES string of the molecule is COC(=O)C1CC(O)CN1C(=O)c1ccc(C)cc1. The molecule has 0 aliphatic carbocycles. The highest BCUT2D eigenvalue weighted by molar-refractivity contribution is 5.97. The number of amides is 1. The molecule has 1 fully saturated rings. The highest BCUT2D eigenvalue weighted by atomic mass is 16.5. The zero-order valence-electron chi connectivity index (χ0n) is 11.0. The number of rotatable bonds is 2. The van der Waals surface area contributed by atoms with Crippen molar-refractivity contribution in [2.75, 3.05) is 13.7 Å². The molecule has 0 saturated carbocycles. The van der Waals surface area contributed by atoms with Gasteiger partial charge >= 0.3 is 5.97 Å². The van der Waals surface area contributed by atoms with Crippen molar-refractivity contribution < 1.29 is 19.4 Å². The summed E-state index contributed by atoms with van der Waals surface area (Å²) in [5, 5.41) is 9.65. The van der Waals surface area contributed by atoms with Crippen LogP contribution in [0.5, 0.6) is 0 Å². The second-order valence-corrected chi connectivity index (χ2v) is 4.75. The first-order valence-electron chi connectivity index (χ1n) is 6.16. The molecule has 0 bridgehead atoms. The van der Waals surface area contributed by atoms with E-state index in [0.717, 1.165) is 5.56 Å². The summed E-state index contributed by atoms with van der Waals surface area (Å²) in [6.45, 7) is 2.09. The summed E-state index contributed by atoms with van der Waals surface area (Å²) in [7, 11) is 1.28. The van der Waals surface area contributed by atoms with Crippen molar-refractivity contribution in [2.45, 2.75) is 25.5 Å². The van der Waals surface area contributed by atoms with Gasteiger partial charge in [-0.3, -0.25) is 4.79 Å². The minimum atomic E-state index is -0.700. The lowest BCUT2D eigenvalue weighted by molar-refractivity contribution is -0.145. The van der Waals surface area contributed by atoms with Crippen molar-refractivity contribution in [2.24, 2.45) is 0 Å². The standard InChI is InChI=1S/C14H17NO4/c1-9-3-5-10(6-4-9)13(17)15-8-11(16)7-12(15)14(18)19-2/h3-6,11-12,16H,7-8H2,1-2H3. The molecule has 5 heteroatoms. The van der Waals surface area contributed by atoms with Gasteiger partial charge in [-0.2, -0.15) is 0 Å². The Morgan fingerprint density at radius 2 is 1.95 bits per heavy atom. The van der Waals surface area contributed by atoms with Crippen molar-refractivity contribution >= 4 is 11.9 Å². The van der Waals surface area contributed by atoms with Crippen LogP contribution >= 0.6 is 0 Å². The lowest BCUT2D eigenvalue weighted by Crippen LogP contribution is -2.41. The largest absolute Gasteiger partial charge is 0.467 e. The van der Waals surface area contributed by atoms with Gasteiger partial charge in [0.2, 0.25) is 0 Å². The number of likely N-dealkylation sites (tertiary alicyclic amines) is 1. The molecular weight excluding hydrogens is 246 g/mol. The van der Waals surface area contributed by atoms with Gasteiger partial charge in [-0.15, -0.1) is 0 Å². The fourth-order valence-electron chi connectivity index (χ4n) is 2.26. The van der Waals surface area contributed by atoms with Gasteiger partial charge < -0.3 is 14.7 Å². The molecule has 2 unspecified atom stereocenters. The van der Waals surface area contributed by atoms with Crippen molar-refractivity contribution in [3.8, 4) is 0 Å². The van der Waals surface area contributed by atoms with Crippen LogP contribution in [0, 0.1) is 6.92 Å². The van der Waals surface area contributed by atoms with Crippen molar-refractivity contribution in [3.63, 3.8) is 0 Å². The number of methoxy groups -OCH3 is 1. The topological polar surface area (TPSA) is 66.8 Å². The van der Waals surface area contributed by atoms with E-state index in [2.05, 4.69) is 4.74 Å². The minimum absolute atomic E-state index is 0.159. The Balaban J connectivity index is 2.21. The third-order valence-corrected chi connectivity index (χ3v) is 3.31. The molecule has 2 rings (SSSR count). The summed E-state index contributed by atoms with van der Waals surface area (Å²) in [5.74, 6) is -0.746. The minimum Gasteiger partial charge on any atom is -0.467 e. The molecule has 1 N–H and O–H groups in total. The first-order chi connectivity index (χ1) is 9.02. The Morgan fingerprint density at radius 3 is 2.53 bits per heavy atom. The Kier molecular flexibility index (Phi) is 3.85. The smallest absolute Gasteiger partial charge is 0.328 e. The van der Waals surface area contributed by atoms with Crippen molar-refractivity contribution in [1.29, 1.82) is 0 Å². The summed E-state index contributed by atoms with van der Waals surface area (Å²) in [6, 6.07) is 6.42. The van der Waals surface area contributed by atoms with Crippen LogP contribution in [0.3, 0.4) is 0 Å². The molecule has 1 amide bonds. The maximum absolute atomic E-state index is 12.3. The molecule has 2 atom stereocenters. The predicted octanol–water partition coefficient (Wildman–Crippen LogP) is 0.743. The molecule has 1 saturated heterocycles. The Morgan fingerprint density at radius 1 is 1.32 bits per heavy atom. The number of carbonyl (C=O) groups is 2. The zero-order valence-corrected chi connectivity index (χ0v) is 11.0. The van der Waals surface area contributed by atoms with E-state index in [1.807, 2.05) is 19.1 Å². The van der Waals surface area contributed by atoms with E-state index < -0.39 is 18.1 Å². The molecule has 0 radical (unpaired) electrons. The molecule has 1 aliphatic rings. The number of aliphatic hydroxyl groups is 1. The number of carbonyl (C=O) groups excluding carboxylic acids is 2. The van der Waals surface area contributed by atoms with Gasteiger partial charge in [-0.25, -0.2) is 4.79 Å². The first kappa shape index (κ1) is 13.5. The third kappa shape index (κ3) is 2.76.